The molecule has 0 bridgehead atoms. The number of aliphatic hydroxyl groups excluding tert-OH is 1. The monoisotopic (exact) mass is 271 g/mol. The normalized spacial score (nSPS) is 14.8. The SMILES string of the molecule is Cc1ccccc1C(O)c1cc(F)cc2c1NC(=O)C2. The molecule has 0 fully saturated rings. The molecule has 0 spiro atoms. The number of aliphatic hydroxyl groups is 1. The minimum Gasteiger partial charge on any atom is -0.384 e. The number of fused-ring (bicyclic) bond motifs is 1. The first-order chi connectivity index (χ1) is 9.56. The number of carbonyl (C=O) groups excluding carboxylic acids is 1. The van der Waals surface area contributed by atoms with Gasteiger partial charge in [-0.2, -0.15) is 0 Å². The second-order valence-electron chi connectivity index (χ2n) is 5.01. The van der Waals surface area contributed by atoms with Gasteiger partial charge >= 0.3 is 0 Å². The van der Waals surface area contributed by atoms with Crippen LogP contribution in [0.3, 0.4) is 0 Å². The summed E-state index contributed by atoms with van der Waals surface area (Å²) < 4.78 is 13.7. The van der Waals surface area contributed by atoms with Crippen LogP contribution in [0.15, 0.2) is 36.4 Å². The maximum Gasteiger partial charge on any atom is 0.228 e. The molecular formula is C16H14FNO2. The molecule has 1 atom stereocenters. The molecule has 1 amide bonds. The second kappa shape index (κ2) is 4.72. The summed E-state index contributed by atoms with van der Waals surface area (Å²) in [6.45, 7) is 1.89. The van der Waals surface area contributed by atoms with E-state index in [1.54, 1.807) is 6.07 Å². The van der Waals surface area contributed by atoms with Crippen molar-refractivity contribution in [1.29, 1.82) is 0 Å². The molecule has 0 radical (unpaired) electrons. The number of halogens is 1. The van der Waals surface area contributed by atoms with E-state index in [0.29, 0.717) is 22.4 Å². The molecule has 2 aromatic carbocycles. The number of carbonyl (C=O) groups is 1. The summed E-state index contributed by atoms with van der Waals surface area (Å²) in [5, 5.41) is 13.2. The molecule has 1 aliphatic rings. The van der Waals surface area contributed by atoms with Crippen molar-refractivity contribution in [3.05, 3.63) is 64.5 Å². The first-order valence-corrected chi connectivity index (χ1v) is 6.42. The van der Waals surface area contributed by atoms with E-state index >= 15 is 0 Å². The average molecular weight is 271 g/mol. The van der Waals surface area contributed by atoms with Crippen molar-refractivity contribution >= 4 is 11.6 Å². The first kappa shape index (κ1) is 12.8. The summed E-state index contributed by atoms with van der Waals surface area (Å²) in [7, 11) is 0. The van der Waals surface area contributed by atoms with Crippen LogP contribution in [0, 0.1) is 12.7 Å². The highest BCUT2D eigenvalue weighted by Gasteiger charge is 2.26. The van der Waals surface area contributed by atoms with Gasteiger partial charge in [-0.1, -0.05) is 24.3 Å². The van der Waals surface area contributed by atoms with Crippen LogP contribution in [-0.2, 0) is 11.2 Å². The Labute approximate surface area is 116 Å². The molecule has 1 unspecified atom stereocenters. The van der Waals surface area contributed by atoms with Gasteiger partial charge in [0.15, 0.2) is 0 Å². The van der Waals surface area contributed by atoms with E-state index in [0.717, 1.165) is 5.56 Å². The summed E-state index contributed by atoms with van der Waals surface area (Å²) in [6.07, 6.45) is -0.806. The molecule has 102 valence electrons. The smallest absolute Gasteiger partial charge is 0.228 e. The van der Waals surface area contributed by atoms with Crippen LogP contribution < -0.4 is 5.32 Å². The number of hydrogen-bond acceptors (Lipinski definition) is 2. The molecule has 0 aromatic heterocycles. The fraction of sp³-hybridized carbons (Fsp3) is 0.188. The van der Waals surface area contributed by atoms with Gasteiger partial charge < -0.3 is 10.4 Å². The van der Waals surface area contributed by atoms with Gasteiger partial charge in [0.05, 0.1) is 12.1 Å². The Morgan fingerprint density at radius 1 is 1.25 bits per heavy atom. The highest BCUT2D eigenvalue weighted by Crippen LogP contribution is 2.36. The third-order valence-corrected chi connectivity index (χ3v) is 3.61. The second-order valence-corrected chi connectivity index (χ2v) is 5.01. The predicted molar refractivity (Wildman–Crippen MR) is 74.0 cm³/mol. The summed E-state index contributed by atoms with van der Waals surface area (Å²) >= 11 is 0. The van der Waals surface area contributed by atoms with Gasteiger partial charge in [0.1, 0.15) is 11.9 Å². The third-order valence-electron chi connectivity index (χ3n) is 3.61. The molecule has 1 heterocycles. The third kappa shape index (κ3) is 2.08. The van der Waals surface area contributed by atoms with Crippen molar-refractivity contribution in [2.75, 3.05) is 5.32 Å². The van der Waals surface area contributed by atoms with Crippen LogP contribution >= 0.6 is 0 Å². The first-order valence-electron chi connectivity index (χ1n) is 6.42. The van der Waals surface area contributed by atoms with E-state index in [1.165, 1.54) is 12.1 Å². The number of nitrogens with one attached hydrogen (secondary N) is 1. The molecule has 1 aliphatic heterocycles. The zero-order chi connectivity index (χ0) is 14.3. The van der Waals surface area contributed by atoms with E-state index in [4.69, 9.17) is 0 Å². The molecule has 20 heavy (non-hydrogen) atoms. The van der Waals surface area contributed by atoms with Crippen LogP contribution in [0.4, 0.5) is 10.1 Å². The summed E-state index contributed by atoms with van der Waals surface area (Å²) in [4.78, 5) is 11.5. The van der Waals surface area contributed by atoms with E-state index in [9.17, 15) is 14.3 Å². The Bertz CT molecular complexity index is 697. The van der Waals surface area contributed by atoms with Crippen molar-refractivity contribution in [2.24, 2.45) is 0 Å². The lowest BCUT2D eigenvalue weighted by Gasteiger charge is -2.17. The zero-order valence-corrected chi connectivity index (χ0v) is 11.0. The van der Waals surface area contributed by atoms with Crippen molar-refractivity contribution in [1.82, 2.24) is 0 Å². The van der Waals surface area contributed by atoms with Crippen LogP contribution in [-0.4, -0.2) is 11.0 Å². The molecule has 0 saturated carbocycles. The number of rotatable bonds is 2. The molecule has 3 nitrogen and oxygen atoms in total. The maximum atomic E-state index is 13.7. The van der Waals surface area contributed by atoms with Crippen molar-refractivity contribution in [3.8, 4) is 0 Å². The number of benzene rings is 2. The van der Waals surface area contributed by atoms with E-state index in [2.05, 4.69) is 5.32 Å². The molecule has 2 aromatic rings. The fourth-order valence-electron chi connectivity index (χ4n) is 2.61. The molecule has 3 rings (SSSR count). The van der Waals surface area contributed by atoms with E-state index in [-0.39, 0.29) is 12.3 Å². The quantitative estimate of drug-likeness (QED) is 0.882. The number of anilines is 1. The van der Waals surface area contributed by atoms with Crippen molar-refractivity contribution in [2.45, 2.75) is 19.4 Å². The Kier molecular flexibility index (Phi) is 3.03. The number of amides is 1. The zero-order valence-electron chi connectivity index (χ0n) is 11.0. The average Bonchev–Trinajstić information content (AvgIpc) is 2.77. The Morgan fingerprint density at radius 2 is 2.00 bits per heavy atom. The van der Waals surface area contributed by atoms with Gasteiger partial charge in [-0.05, 0) is 35.7 Å². The van der Waals surface area contributed by atoms with Crippen LogP contribution in [0.1, 0.15) is 28.4 Å². The summed E-state index contributed by atoms with van der Waals surface area (Å²) in [6, 6.07) is 10.0. The minimum atomic E-state index is -0.959. The highest BCUT2D eigenvalue weighted by molar-refractivity contribution is 6.00. The van der Waals surface area contributed by atoms with Crippen LogP contribution in [0.25, 0.3) is 0 Å². The molecule has 4 heteroatoms. The predicted octanol–water partition coefficient (Wildman–Crippen LogP) is 2.71. The van der Waals surface area contributed by atoms with Gasteiger partial charge in [-0.25, -0.2) is 4.39 Å². The minimum absolute atomic E-state index is 0.153. The van der Waals surface area contributed by atoms with Gasteiger partial charge in [0.2, 0.25) is 5.91 Å². The van der Waals surface area contributed by atoms with Crippen molar-refractivity contribution in [3.63, 3.8) is 0 Å². The van der Waals surface area contributed by atoms with Crippen LogP contribution in [0.5, 0.6) is 0 Å². The Morgan fingerprint density at radius 3 is 2.75 bits per heavy atom. The van der Waals surface area contributed by atoms with Crippen LogP contribution in [0.2, 0.25) is 0 Å². The molecule has 0 aliphatic carbocycles. The Hall–Kier alpha value is -2.20. The lowest BCUT2D eigenvalue weighted by atomic mass is 9.95. The lowest BCUT2D eigenvalue weighted by molar-refractivity contribution is -0.115. The molecular weight excluding hydrogens is 257 g/mol. The Balaban J connectivity index is 2.12. The summed E-state index contributed by atoms with van der Waals surface area (Å²) in [5.41, 5.74) is 3.16. The lowest BCUT2D eigenvalue weighted by Crippen LogP contribution is -2.08. The number of hydrogen-bond donors (Lipinski definition) is 2. The van der Waals surface area contributed by atoms with Gasteiger partial charge in [-0.15, -0.1) is 0 Å². The fourth-order valence-corrected chi connectivity index (χ4v) is 2.61. The van der Waals surface area contributed by atoms with Gasteiger partial charge in [-0.3, -0.25) is 4.79 Å². The molecule has 2 N–H and O–H groups in total. The van der Waals surface area contributed by atoms with E-state index in [1.807, 2.05) is 25.1 Å². The standard InChI is InChI=1S/C16H14FNO2/c1-9-4-2-3-5-12(9)16(20)13-8-11(17)6-10-7-14(19)18-15(10)13/h2-6,8,16,20H,7H2,1H3,(H,18,19). The summed E-state index contributed by atoms with van der Waals surface area (Å²) in [5.74, 6) is -0.619. The van der Waals surface area contributed by atoms with Gasteiger partial charge in [0.25, 0.3) is 0 Å². The molecule has 0 saturated heterocycles. The topological polar surface area (TPSA) is 49.3 Å². The van der Waals surface area contributed by atoms with Gasteiger partial charge in [0, 0.05) is 5.56 Å². The highest BCUT2D eigenvalue weighted by atomic mass is 19.1. The number of aryl methyl sites for hydroxylation is 1. The van der Waals surface area contributed by atoms with E-state index < -0.39 is 11.9 Å². The van der Waals surface area contributed by atoms with Crippen molar-refractivity contribution < 1.29 is 14.3 Å². The largest absolute Gasteiger partial charge is 0.384 e. The maximum absolute atomic E-state index is 13.7.